The Balaban J connectivity index is 3.75. The molecule has 0 spiro atoms. The number of rotatable bonds is 8. The van der Waals surface area contributed by atoms with Gasteiger partial charge in [-0.25, -0.2) is 0 Å². The van der Waals surface area contributed by atoms with Crippen LogP contribution in [0.5, 0.6) is 0 Å². The van der Waals surface area contributed by atoms with Crippen LogP contribution in [0.2, 0.25) is 0 Å². The molecule has 0 fully saturated rings. The van der Waals surface area contributed by atoms with E-state index < -0.39 is 0 Å². The van der Waals surface area contributed by atoms with Crippen molar-refractivity contribution in [2.45, 2.75) is 33.1 Å². The third kappa shape index (κ3) is 7.40. The second-order valence-electron chi connectivity index (χ2n) is 4.32. The van der Waals surface area contributed by atoms with Crippen molar-refractivity contribution in [1.29, 1.82) is 0 Å². The van der Waals surface area contributed by atoms with Gasteiger partial charge in [0.2, 0.25) is 5.91 Å². The summed E-state index contributed by atoms with van der Waals surface area (Å²) in [5.41, 5.74) is 0. The molecule has 0 aromatic heterocycles. The van der Waals surface area contributed by atoms with Gasteiger partial charge in [-0.1, -0.05) is 6.92 Å². The first kappa shape index (κ1) is 15.1. The molecule has 0 atom stereocenters. The zero-order valence-corrected chi connectivity index (χ0v) is 11.0. The highest BCUT2D eigenvalue weighted by atomic mass is 16.2. The summed E-state index contributed by atoms with van der Waals surface area (Å²) in [7, 11) is 3.54. The molecular weight excluding hydrogens is 204 g/mol. The van der Waals surface area contributed by atoms with Gasteiger partial charge in [0.05, 0.1) is 6.54 Å². The number of hydrogen-bond acceptors (Lipinski definition) is 3. The zero-order valence-electron chi connectivity index (χ0n) is 11.0. The van der Waals surface area contributed by atoms with Crippen molar-refractivity contribution in [2.75, 3.05) is 33.7 Å². The van der Waals surface area contributed by atoms with E-state index in [2.05, 4.69) is 4.90 Å². The summed E-state index contributed by atoms with van der Waals surface area (Å²) in [4.78, 5) is 26.0. The van der Waals surface area contributed by atoms with Crippen molar-refractivity contribution >= 4 is 11.7 Å². The molecule has 0 aromatic rings. The van der Waals surface area contributed by atoms with E-state index in [0.29, 0.717) is 13.0 Å². The number of carbonyl (C=O) groups excluding carboxylic acids is 2. The zero-order chi connectivity index (χ0) is 12.6. The normalized spacial score (nSPS) is 10.6. The average Bonchev–Trinajstić information content (AvgIpc) is 2.21. The van der Waals surface area contributed by atoms with Crippen molar-refractivity contribution in [1.82, 2.24) is 9.80 Å². The Morgan fingerprint density at radius 1 is 1.12 bits per heavy atom. The maximum atomic E-state index is 11.5. The van der Waals surface area contributed by atoms with E-state index in [1.54, 1.807) is 25.9 Å². The maximum Gasteiger partial charge on any atom is 0.236 e. The van der Waals surface area contributed by atoms with Gasteiger partial charge in [-0.05, 0) is 32.9 Å². The van der Waals surface area contributed by atoms with Gasteiger partial charge >= 0.3 is 0 Å². The SMILES string of the molecule is CCN(CCCCC(C)=O)CC(=O)N(C)C. The molecule has 0 N–H and O–H groups in total. The van der Waals surface area contributed by atoms with Crippen LogP contribution in [0.15, 0.2) is 0 Å². The Labute approximate surface area is 98.6 Å². The van der Waals surface area contributed by atoms with Gasteiger partial charge < -0.3 is 9.69 Å². The van der Waals surface area contributed by atoms with Crippen LogP contribution in [-0.4, -0.2) is 55.2 Å². The Morgan fingerprint density at radius 3 is 2.19 bits per heavy atom. The molecule has 0 unspecified atom stereocenters. The number of unbranched alkanes of at least 4 members (excludes halogenated alkanes) is 1. The van der Waals surface area contributed by atoms with Crippen LogP contribution in [-0.2, 0) is 9.59 Å². The number of likely N-dealkylation sites (N-methyl/N-ethyl adjacent to an activating group) is 2. The molecular formula is C12H24N2O2. The minimum atomic E-state index is 0.133. The quantitative estimate of drug-likeness (QED) is 0.585. The summed E-state index contributed by atoms with van der Waals surface area (Å²) in [5, 5.41) is 0. The molecule has 4 nitrogen and oxygen atoms in total. The number of ketones is 1. The first-order valence-corrected chi connectivity index (χ1v) is 5.89. The molecule has 0 aromatic carbocycles. The van der Waals surface area contributed by atoms with E-state index in [4.69, 9.17) is 0 Å². The van der Waals surface area contributed by atoms with E-state index in [1.807, 2.05) is 6.92 Å². The molecule has 1 amide bonds. The van der Waals surface area contributed by atoms with Crippen LogP contribution in [0.1, 0.15) is 33.1 Å². The number of Topliss-reactive ketones (excluding diaryl/α,β-unsaturated/α-hetero) is 1. The lowest BCUT2D eigenvalue weighted by Gasteiger charge is -2.21. The van der Waals surface area contributed by atoms with Crippen molar-refractivity contribution in [3.05, 3.63) is 0 Å². The molecule has 94 valence electrons. The predicted molar refractivity (Wildman–Crippen MR) is 65.3 cm³/mol. The Bertz CT molecular complexity index is 227. The smallest absolute Gasteiger partial charge is 0.236 e. The highest BCUT2D eigenvalue weighted by Gasteiger charge is 2.10. The molecule has 0 rings (SSSR count). The molecule has 0 bridgehead atoms. The Kier molecular flexibility index (Phi) is 7.81. The minimum absolute atomic E-state index is 0.133. The van der Waals surface area contributed by atoms with E-state index in [1.165, 1.54) is 0 Å². The minimum Gasteiger partial charge on any atom is -0.348 e. The largest absolute Gasteiger partial charge is 0.348 e. The first-order chi connectivity index (χ1) is 7.47. The predicted octanol–water partition coefficient (Wildman–Crippen LogP) is 1.16. The van der Waals surface area contributed by atoms with E-state index >= 15 is 0 Å². The standard InChI is InChI=1S/C12H24N2O2/c1-5-14(10-12(16)13(3)4)9-7-6-8-11(2)15/h5-10H2,1-4H3. The molecule has 0 saturated heterocycles. The van der Waals surface area contributed by atoms with Crippen LogP contribution in [0, 0.1) is 0 Å². The van der Waals surface area contributed by atoms with Crippen LogP contribution in [0.3, 0.4) is 0 Å². The first-order valence-electron chi connectivity index (χ1n) is 5.89. The second kappa shape index (κ2) is 8.28. The fraction of sp³-hybridized carbons (Fsp3) is 0.833. The van der Waals surface area contributed by atoms with Crippen LogP contribution in [0.25, 0.3) is 0 Å². The summed E-state index contributed by atoms with van der Waals surface area (Å²) < 4.78 is 0. The monoisotopic (exact) mass is 228 g/mol. The van der Waals surface area contributed by atoms with Gasteiger partial charge in [-0.15, -0.1) is 0 Å². The van der Waals surface area contributed by atoms with Crippen molar-refractivity contribution in [3.63, 3.8) is 0 Å². The van der Waals surface area contributed by atoms with Gasteiger partial charge in [0.25, 0.3) is 0 Å². The van der Waals surface area contributed by atoms with Crippen LogP contribution in [0.4, 0.5) is 0 Å². The van der Waals surface area contributed by atoms with Crippen molar-refractivity contribution < 1.29 is 9.59 Å². The molecule has 0 aliphatic heterocycles. The lowest BCUT2D eigenvalue weighted by Crippen LogP contribution is -2.37. The fourth-order valence-corrected chi connectivity index (χ4v) is 1.39. The number of carbonyl (C=O) groups is 2. The van der Waals surface area contributed by atoms with E-state index in [0.717, 1.165) is 25.9 Å². The maximum absolute atomic E-state index is 11.5. The highest BCUT2D eigenvalue weighted by molar-refractivity contribution is 5.77. The molecule has 16 heavy (non-hydrogen) atoms. The van der Waals surface area contributed by atoms with Crippen molar-refractivity contribution in [3.8, 4) is 0 Å². The van der Waals surface area contributed by atoms with Crippen LogP contribution >= 0.6 is 0 Å². The van der Waals surface area contributed by atoms with E-state index in [-0.39, 0.29) is 11.7 Å². The van der Waals surface area contributed by atoms with Gasteiger partial charge in [-0.3, -0.25) is 9.69 Å². The molecule has 0 aliphatic rings. The molecule has 0 aliphatic carbocycles. The third-order valence-electron chi connectivity index (χ3n) is 2.56. The summed E-state index contributed by atoms with van der Waals surface area (Å²) in [6, 6.07) is 0. The second-order valence-corrected chi connectivity index (χ2v) is 4.32. The van der Waals surface area contributed by atoms with Crippen molar-refractivity contribution in [2.24, 2.45) is 0 Å². The van der Waals surface area contributed by atoms with Gasteiger partial charge in [0, 0.05) is 20.5 Å². The molecule has 0 radical (unpaired) electrons. The number of amides is 1. The summed E-state index contributed by atoms with van der Waals surface area (Å²) in [6.07, 6.45) is 2.55. The third-order valence-corrected chi connectivity index (χ3v) is 2.56. The molecule has 0 heterocycles. The highest BCUT2D eigenvalue weighted by Crippen LogP contribution is 2.00. The molecule has 4 heteroatoms. The number of hydrogen-bond donors (Lipinski definition) is 0. The number of nitrogens with zero attached hydrogens (tertiary/aromatic N) is 2. The molecule has 0 saturated carbocycles. The summed E-state index contributed by atoms with van der Waals surface area (Å²) in [5.74, 6) is 0.376. The Morgan fingerprint density at radius 2 is 1.75 bits per heavy atom. The summed E-state index contributed by atoms with van der Waals surface area (Å²) in [6.45, 7) is 5.91. The lowest BCUT2D eigenvalue weighted by atomic mass is 10.2. The lowest BCUT2D eigenvalue weighted by molar-refractivity contribution is -0.130. The fourth-order valence-electron chi connectivity index (χ4n) is 1.39. The topological polar surface area (TPSA) is 40.6 Å². The Hall–Kier alpha value is -0.900. The van der Waals surface area contributed by atoms with Gasteiger partial charge in [-0.2, -0.15) is 0 Å². The average molecular weight is 228 g/mol. The van der Waals surface area contributed by atoms with E-state index in [9.17, 15) is 9.59 Å². The van der Waals surface area contributed by atoms with Gasteiger partial charge in [0.15, 0.2) is 0 Å². The van der Waals surface area contributed by atoms with Crippen LogP contribution < -0.4 is 0 Å². The van der Waals surface area contributed by atoms with Gasteiger partial charge in [0.1, 0.15) is 5.78 Å². The summed E-state index contributed by atoms with van der Waals surface area (Å²) >= 11 is 0.